The highest BCUT2D eigenvalue weighted by molar-refractivity contribution is 7.91. The summed E-state index contributed by atoms with van der Waals surface area (Å²) in [4.78, 5) is 12.2. The Morgan fingerprint density at radius 1 is 1.50 bits per heavy atom. The molecule has 0 saturated carbocycles. The maximum Gasteiger partial charge on any atom is 0.247 e. The molecule has 6 nitrogen and oxygen atoms in total. The average Bonchev–Trinajstić information content (AvgIpc) is 2.72. The van der Waals surface area contributed by atoms with Crippen molar-refractivity contribution in [2.45, 2.75) is 17.6 Å². The fraction of sp³-hybridized carbons (Fsp3) is 0.500. The minimum absolute atomic E-state index is 0.0691. The number of rotatable bonds is 7. The van der Waals surface area contributed by atoms with Gasteiger partial charge in [0.15, 0.2) is 0 Å². The van der Waals surface area contributed by atoms with Gasteiger partial charge in [-0.15, -0.1) is 11.3 Å². The van der Waals surface area contributed by atoms with Crippen molar-refractivity contribution in [1.29, 1.82) is 0 Å². The highest BCUT2D eigenvalue weighted by Crippen LogP contribution is 2.20. The number of hydrogen-bond acceptors (Lipinski definition) is 5. The molecule has 1 aromatic heterocycles. The SMILES string of the molecule is CCOCCNC(=O)Cc1ccc(S(N)(=O)=O)s1. The largest absolute Gasteiger partial charge is 0.380 e. The second-order valence-electron chi connectivity index (χ2n) is 3.49. The summed E-state index contributed by atoms with van der Waals surface area (Å²) >= 11 is 1.01. The molecule has 0 aromatic carbocycles. The molecule has 0 spiro atoms. The van der Waals surface area contributed by atoms with Crippen LogP contribution in [0.15, 0.2) is 16.3 Å². The van der Waals surface area contributed by atoms with E-state index in [0.29, 0.717) is 24.6 Å². The van der Waals surface area contributed by atoms with E-state index in [2.05, 4.69) is 5.32 Å². The van der Waals surface area contributed by atoms with Crippen LogP contribution in [-0.2, 0) is 26.0 Å². The molecule has 18 heavy (non-hydrogen) atoms. The van der Waals surface area contributed by atoms with Crippen molar-refractivity contribution < 1.29 is 17.9 Å². The fourth-order valence-corrected chi connectivity index (χ4v) is 3.01. The minimum atomic E-state index is -3.68. The Kier molecular flexibility index (Phi) is 5.73. The normalized spacial score (nSPS) is 11.4. The summed E-state index contributed by atoms with van der Waals surface area (Å²) in [5.41, 5.74) is 0. The smallest absolute Gasteiger partial charge is 0.247 e. The topological polar surface area (TPSA) is 98.5 Å². The first kappa shape index (κ1) is 15.1. The Morgan fingerprint density at radius 3 is 2.78 bits per heavy atom. The van der Waals surface area contributed by atoms with Crippen molar-refractivity contribution in [3.63, 3.8) is 0 Å². The molecule has 1 aromatic rings. The fourth-order valence-electron chi connectivity index (χ4n) is 1.23. The van der Waals surface area contributed by atoms with Gasteiger partial charge in [-0.25, -0.2) is 13.6 Å². The number of hydrogen-bond donors (Lipinski definition) is 2. The monoisotopic (exact) mass is 292 g/mol. The van der Waals surface area contributed by atoms with Gasteiger partial charge in [0, 0.05) is 18.0 Å². The standard InChI is InChI=1S/C10H16N2O4S2/c1-2-16-6-5-12-9(13)7-8-3-4-10(17-8)18(11,14)15/h3-4H,2,5-7H2,1H3,(H,12,13)(H2,11,14,15). The van der Waals surface area contributed by atoms with Gasteiger partial charge < -0.3 is 10.1 Å². The number of amides is 1. The molecule has 102 valence electrons. The van der Waals surface area contributed by atoms with Gasteiger partial charge in [-0.05, 0) is 19.1 Å². The predicted octanol–water partition coefficient (Wildman–Crippen LogP) is 0.0907. The van der Waals surface area contributed by atoms with E-state index in [1.54, 1.807) is 6.07 Å². The Balaban J connectivity index is 2.43. The first-order valence-electron chi connectivity index (χ1n) is 5.39. The van der Waals surface area contributed by atoms with Crippen LogP contribution in [0.3, 0.4) is 0 Å². The zero-order valence-corrected chi connectivity index (χ0v) is 11.6. The molecular formula is C10H16N2O4S2. The van der Waals surface area contributed by atoms with E-state index in [0.717, 1.165) is 11.3 Å². The van der Waals surface area contributed by atoms with Gasteiger partial charge in [0.1, 0.15) is 4.21 Å². The summed E-state index contributed by atoms with van der Waals surface area (Å²) in [5.74, 6) is -0.169. The van der Waals surface area contributed by atoms with E-state index in [4.69, 9.17) is 9.88 Å². The number of nitrogens with two attached hydrogens (primary N) is 1. The summed E-state index contributed by atoms with van der Waals surface area (Å²) in [5, 5.41) is 7.66. The zero-order chi connectivity index (χ0) is 13.6. The Morgan fingerprint density at radius 2 is 2.22 bits per heavy atom. The van der Waals surface area contributed by atoms with E-state index >= 15 is 0 Å². The second kappa shape index (κ2) is 6.83. The van der Waals surface area contributed by atoms with Crippen LogP contribution < -0.4 is 10.5 Å². The van der Waals surface area contributed by atoms with Crippen LogP contribution in [0.25, 0.3) is 0 Å². The molecule has 0 radical (unpaired) electrons. The van der Waals surface area contributed by atoms with Crippen LogP contribution in [0.5, 0.6) is 0 Å². The Bertz CT molecular complexity index is 496. The molecular weight excluding hydrogens is 276 g/mol. The number of sulfonamides is 1. The molecule has 8 heteroatoms. The molecule has 0 fully saturated rings. The summed E-state index contributed by atoms with van der Waals surface area (Å²) < 4.78 is 27.2. The highest BCUT2D eigenvalue weighted by atomic mass is 32.2. The lowest BCUT2D eigenvalue weighted by Gasteiger charge is -2.03. The molecule has 0 bridgehead atoms. The van der Waals surface area contributed by atoms with Gasteiger partial charge in [-0.2, -0.15) is 0 Å². The number of ether oxygens (including phenoxy) is 1. The third-order valence-electron chi connectivity index (χ3n) is 2.02. The second-order valence-corrected chi connectivity index (χ2v) is 6.45. The third-order valence-corrected chi connectivity index (χ3v) is 4.55. The Labute approximate surface area is 110 Å². The average molecular weight is 292 g/mol. The maximum absolute atomic E-state index is 11.5. The lowest BCUT2D eigenvalue weighted by molar-refractivity contribution is -0.120. The number of carbonyl (C=O) groups is 1. The Hall–Kier alpha value is -0.960. The summed E-state index contributed by atoms with van der Waals surface area (Å²) in [7, 11) is -3.68. The number of nitrogens with one attached hydrogen (secondary N) is 1. The highest BCUT2D eigenvalue weighted by Gasteiger charge is 2.12. The van der Waals surface area contributed by atoms with Gasteiger partial charge in [-0.3, -0.25) is 4.79 Å². The van der Waals surface area contributed by atoms with Crippen LogP contribution in [-0.4, -0.2) is 34.1 Å². The van der Waals surface area contributed by atoms with Crippen LogP contribution in [0.2, 0.25) is 0 Å². The number of primary sulfonamides is 1. The molecule has 1 heterocycles. The van der Waals surface area contributed by atoms with E-state index in [1.165, 1.54) is 6.07 Å². The van der Waals surface area contributed by atoms with Crippen molar-refractivity contribution in [2.24, 2.45) is 5.14 Å². The zero-order valence-electron chi connectivity index (χ0n) is 10.0. The maximum atomic E-state index is 11.5. The van der Waals surface area contributed by atoms with E-state index < -0.39 is 10.0 Å². The van der Waals surface area contributed by atoms with Gasteiger partial charge in [0.2, 0.25) is 15.9 Å². The van der Waals surface area contributed by atoms with Crippen molar-refractivity contribution in [1.82, 2.24) is 5.32 Å². The lowest BCUT2D eigenvalue weighted by atomic mass is 10.3. The van der Waals surface area contributed by atoms with Crippen LogP contribution in [0, 0.1) is 0 Å². The summed E-state index contributed by atoms with van der Waals surface area (Å²) in [6, 6.07) is 3.00. The van der Waals surface area contributed by atoms with Crippen molar-refractivity contribution >= 4 is 27.3 Å². The lowest BCUT2D eigenvalue weighted by Crippen LogP contribution is -2.28. The van der Waals surface area contributed by atoms with Crippen molar-refractivity contribution in [3.8, 4) is 0 Å². The number of carbonyl (C=O) groups excluding carboxylic acids is 1. The van der Waals surface area contributed by atoms with Crippen LogP contribution in [0.1, 0.15) is 11.8 Å². The molecule has 0 aliphatic carbocycles. The van der Waals surface area contributed by atoms with E-state index in [-0.39, 0.29) is 16.5 Å². The van der Waals surface area contributed by atoms with Crippen LogP contribution in [0.4, 0.5) is 0 Å². The molecule has 1 rings (SSSR count). The summed E-state index contributed by atoms with van der Waals surface area (Å²) in [6.07, 6.45) is 0.145. The molecule has 0 aliphatic rings. The first-order chi connectivity index (χ1) is 8.43. The van der Waals surface area contributed by atoms with Gasteiger partial charge in [0.25, 0.3) is 0 Å². The quantitative estimate of drug-likeness (QED) is 0.696. The molecule has 0 atom stereocenters. The van der Waals surface area contributed by atoms with E-state index in [1.807, 2.05) is 6.92 Å². The molecule has 3 N–H and O–H groups in total. The van der Waals surface area contributed by atoms with Gasteiger partial charge in [0.05, 0.1) is 13.0 Å². The molecule has 1 amide bonds. The molecule has 0 unspecified atom stereocenters. The van der Waals surface area contributed by atoms with Crippen molar-refractivity contribution in [3.05, 3.63) is 17.0 Å². The van der Waals surface area contributed by atoms with Crippen molar-refractivity contribution in [2.75, 3.05) is 19.8 Å². The van der Waals surface area contributed by atoms with Crippen LogP contribution >= 0.6 is 11.3 Å². The van der Waals surface area contributed by atoms with Gasteiger partial charge >= 0.3 is 0 Å². The predicted molar refractivity (Wildman–Crippen MR) is 68.9 cm³/mol. The first-order valence-corrected chi connectivity index (χ1v) is 7.75. The summed E-state index contributed by atoms with van der Waals surface area (Å²) in [6.45, 7) is 3.40. The van der Waals surface area contributed by atoms with E-state index in [9.17, 15) is 13.2 Å². The minimum Gasteiger partial charge on any atom is -0.380 e. The molecule has 0 saturated heterocycles. The van der Waals surface area contributed by atoms with Gasteiger partial charge in [-0.1, -0.05) is 0 Å². The number of thiophene rings is 1. The third kappa shape index (κ3) is 5.13. The molecule has 0 aliphatic heterocycles.